The highest BCUT2D eigenvalue weighted by atomic mass is 32.1. The molecule has 0 amide bonds. The minimum atomic E-state index is -0.507. The maximum Gasteiger partial charge on any atom is 0.319 e. The van der Waals surface area contributed by atoms with Gasteiger partial charge in [0.25, 0.3) is 0 Å². The van der Waals surface area contributed by atoms with Crippen molar-refractivity contribution in [2.75, 3.05) is 13.7 Å². The number of ether oxygens (including phenoxy) is 2. The van der Waals surface area contributed by atoms with Crippen molar-refractivity contribution in [2.45, 2.75) is 31.6 Å². The fourth-order valence-corrected chi connectivity index (χ4v) is 3.77. The molecule has 2 aromatic rings. The van der Waals surface area contributed by atoms with Crippen LogP contribution in [-0.4, -0.2) is 24.7 Å². The van der Waals surface area contributed by atoms with E-state index in [1.165, 1.54) is 0 Å². The summed E-state index contributed by atoms with van der Waals surface area (Å²) in [6, 6.07) is 5.79. The molecule has 1 aliphatic carbocycles. The Morgan fingerprint density at radius 1 is 1.45 bits per heavy atom. The average molecular weight is 291 g/mol. The van der Waals surface area contributed by atoms with Crippen molar-refractivity contribution in [2.24, 2.45) is 0 Å². The van der Waals surface area contributed by atoms with E-state index < -0.39 is 5.41 Å². The predicted octanol–water partition coefficient (Wildman–Crippen LogP) is 3.29. The Morgan fingerprint density at radius 2 is 2.25 bits per heavy atom. The van der Waals surface area contributed by atoms with Crippen molar-refractivity contribution < 1.29 is 14.3 Å². The van der Waals surface area contributed by atoms with Crippen LogP contribution in [0.2, 0.25) is 0 Å². The summed E-state index contributed by atoms with van der Waals surface area (Å²) in [6.07, 6.45) is 2.73. The van der Waals surface area contributed by atoms with Gasteiger partial charge < -0.3 is 9.47 Å². The molecule has 0 atom stereocenters. The van der Waals surface area contributed by atoms with Crippen LogP contribution in [-0.2, 0) is 14.9 Å². The molecule has 0 unspecified atom stereocenters. The number of hydrogen-bond donors (Lipinski definition) is 0. The van der Waals surface area contributed by atoms with Crippen molar-refractivity contribution in [1.82, 2.24) is 4.98 Å². The monoisotopic (exact) mass is 291 g/mol. The number of aromatic nitrogens is 1. The van der Waals surface area contributed by atoms with Gasteiger partial charge in [0.1, 0.15) is 16.2 Å². The molecule has 3 rings (SSSR count). The highest BCUT2D eigenvalue weighted by Gasteiger charge is 2.49. The molecule has 0 saturated heterocycles. The molecule has 4 nitrogen and oxygen atoms in total. The van der Waals surface area contributed by atoms with Gasteiger partial charge in [-0.3, -0.25) is 4.79 Å². The Bertz CT molecular complexity index is 646. The van der Waals surface area contributed by atoms with Gasteiger partial charge in [-0.05, 0) is 38.0 Å². The highest BCUT2D eigenvalue weighted by molar-refractivity contribution is 7.18. The minimum absolute atomic E-state index is 0.128. The molecule has 0 aliphatic heterocycles. The van der Waals surface area contributed by atoms with E-state index in [0.717, 1.165) is 40.2 Å². The standard InChI is InChI=1S/C15H17NO3S/c1-3-19-14(17)15(7-4-8-15)13-16-11-6-5-10(18-2)9-12(11)20-13/h5-6,9H,3-4,7-8H2,1-2H3. The number of hydrogen-bond acceptors (Lipinski definition) is 5. The summed E-state index contributed by atoms with van der Waals surface area (Å²) in [5.41, 5.74) is 0.411. The molecule has 1 fully saturated rings. The molecule has 1 saturated carbocycles. The fourth-order valence-electron chi connectivity index (χ4n) is 2.54. The molecule has 1 aliphatic rings. The van der Waals surface area contributed by atoms with Gasteiger partial charge in [-0.25, -0.2) is 4.98 Å². The smallest absolute Gasteiger partial charge is 0.319 e. The lowest BCUT2D eigenvalue weighted by Gasteiger charge is -2.37. The molecule has 1 aromatic carbocycles. The minimum Gasteiger partial charge on any atom is -0.497 e. The van der Waals surface area contributed by atoms with E-state index in [1.54, 1.807) is 18.4 Å². The zero-order valence-electron chi connectivity index (χ0n) is 11.6. The van der Waals surface area contributed by atoms with E-state index in [2.05, 4.69) is 4.98 Å². The van der Waals surface area contributed by atoms with Gasteiger partial charge in [0.2, 0.25) is 0 Å². The number of fused-ring (bicyclic) bond motifs is 1. The second kappa shape index (κ2) is 5.05. The van der Waals surface area contributed by atoms with Gasteiger partial charge in [-0.15, -0.1) is 11.3 Å². The molecule has 0 spiro atoms. The Kier molecular flexibility index (Phi) is 3.38. The lowest BCUT2D eigenvalue weighted by atomic mass is 9.69. The summed E-state index contributed by atoms with van der Waals surface area (Å²) < 4.78 is 11.5. The van der Waals surface area contributed by atoms with E-state index in [9.17, 15) is 4.79 Å². The molecule has 20 heavy (non-hydrogen) atoms. The second-order valence-electron chi connectivity index (χ2n) is 5.01. The highest BCUT2D eigenvalue weighted by Crippen LogP contribution is 2.47. The van der Waals surface area contributed by atoms with E-state index in [-0.39, 0.29) is 5.97 Å². The summed E-state index contributed by atoms with van der Waals surface area (Å²) in [4.78, 5) is 16.9. The molecule has 1 aromatic heterocycles. The van der Waals surface area contributed by atoms with Crippen LogP contribution in [0.4, 0.5) is 0 Å². The summed E-state index contributed by atoms with van der Waals surface area (Å²) in [7, 11) is 1.65. The van der Waals surface area contributed by atoms with Crippen LogP contribution in [0, 0.1) is 0 Å². The van der Waals surface area contributed by atoms with Crippen LogP contribution in [0.5, 0.6) is 5.75 Å². The third kappa shape index (κ3) is 1.97. The first-order chi connectivity index (χ1) is 9.69. The number of carbonyl (C=O) groups excluding carboxylic acids is 1. The predicted molar refractivity (Wildman–Crippen MR) is 78.3 cm³/mol. The van der Waals surface area contributed by atoms with Gasteiger partial charge in [0.15, 0.2) is 0 Å². The molecule has 0 N–H and O–H groups in total. The molecule has 5 heteroatoms. The van der Waals surface area contributed by atoms with Crippen LogP contribution < -0.4 is 4.74 Å². The lowest BCUT2D eigenvalue weighted by molar-refractivity contribution is -0.153. The first-order valence-electron chi connectivity index (χ1n) is 6.82. The number of benzene rings is 1. The number of thiazole rings is 1. The largest absolute Gasteiger partial charge is 0.497 e. The van der Waals surface area contributed by atoms with E-state index in [4.69, 9.17) is 9.47 Å². The fraction of sp³-hybridized carbons (Fsp3) is 0.467. The molecule has 106 valence electrons. The Hall–Kier alpha value is -1.62. The van der Waals surface area contributed by atoms with Crippen molar-refractivity contribution in [3.63, 3.8) is 0 Å². The molecule has 1 heterocycles. The molecular weight excluding hydrogens is 274 g/mol. The number of methoxy groups -OCH3 is 1. The van der Waals surface area contributed by atoms with Crippen LogP contribution in [0.1, 0.15) is 31.2 Å². The lowest BCUT2D eigenvalue weighted by Crippen LogP contribution is -2.43. The summed E-state index contributed by atoms with van der Waals surface area (Å²) in [5, 5.41) is 0.880. The summed E-state index contributed by atoms with van der Waals surface area (Å²) in [5.74, 6) is 0.684. The van der Waals surface area contributed by atoms with Gasteiger partial charge >= 0.3 is 5.97 Å². The van der Waals surface area contributed by atoms with Crippen LogP contribution in [0.3, 0.4) is 0 Å². The topological polar surface area (TPSA) is 48.4 Å². The number of carbonyl (C=O) groups is 1. The maximum absolute atomic E-state index is 12.3. The van der Waals surface area contributed by atoms with Crippen LogP contribution in [0.25, 0.3) is 10.2 Å². The second-order valence-corrected chi connectivity index (χ2v) is 6.04. The van der Waals surface area contributed by atoms with Crippen molar-refractivity contribution in [3.8, 4) is 5.75 Å². The molecular formula is C15H17NO3S. The third-order valence-electron chi connectivity index (χ3n) is 3.88. The van der Waals surface area contributed by atoms with Gasteiger partial charge in [0.05, 0.1) is 23.9 Å². The zero-order chi connectivity index (χ0) is 14.2. The Morgan fingerprint density at radius 3 is 2.85 bits per heavy atom. The van der Waals surface area contributed by atoms with Crippen LogP contribution >= 0.6 is 11.3 Å². The average Bonchev–Trinajstić information content (AvgIpc) is 2.80. The summed E-state index contributed by atoms with van der Waals surface area (Å²) >= 11 is 1.57. The van der Waals surface area contributed by atoms with Crippen molar-refractivity contribution in [1.29, 1.82) is 0 Å². The van der Waals surface area contributed by atoms with E-state index in [0.29, 0.717) is 6.61 Å². The first kappa shape index (κ1) is 13.4. The third-order valence-corrected chi connectivity index (χ3v) is 5.10. The van der Waals surface area contributed by atoms with E-state index in [1.807, 2.05) is 25.1 Å². The van der Waals surface area contributed by atoms with Crippen LogP contribution in [0.15, 0.2) is 18.2 Å². The normalized spacial score (nSPS) is 16.7. The Balaban J connectivity index is 2.02. The Labute approximate surface area is 121 Å². The number of esters is 1. The molecule has 0 radical (unpaired) electrons. The van der Waals surface area contributed by atoms with Gasteiger partial charge in [-0.2, -0.15) is 0 Å². The molecule has 0 bridgehead atoms. The van der Waals surface area contributed by atoms with Gasteiger partial charge in [-0.1, -0.05) is 6.42 Å². The van der Waals surface area contributed by atoms with Crippen molar-refractivity contribution in [3.05, 3.63) is 23.2 Å². The zero-order valence-corrected chi connectivity index (χ0v) is 12.5. The number of rotatable bonds is 4. The van der Waals surface area contributed by atoms with E-state index >= 15 is 0 Å². The van der Waals surface area contributed by atoms with Crippen molar-refractivity contribution >= 4 is 27.5 Å². The quantitative estimate of drug-likeness (QED) is 0.811. The number of nitrogens with zero attached hydrogens (tertiary/aromatic N) is 1. The first-order valence-corrected chi connectivity index (χ1v) is 7.63. The van der Waals surface area contributed by atoms with Gasteiger partial charge in [0, 0.05) is 0 Å². The SMILES string of the molecule is CCOC(=O)C1(c2nc3ccc(OC)cc3s2)CCC1. The maximum atomic E-state index is 12.3. The summed E-state index contributed by atoms with van der Waals surface area (Å²) in [6.45, 7) is 2.26.